The van der Waals surface area contributed by atoms with Crippen LogP contribution in [0.5, 0.6) is 0 Å². The van der Waals surface area contributed by atoms with Crippen molar-refractivity contribution in [3.8, 4) is 0 Å². The molecule has 0 unspecified atom stereocenters. The van der Waals surface area contributed by atoms with Gasteiger partial charge in [0, 0.05) is 17.8 Å². The molecule has 120 valence electrons. The van der Waals surface area contributed by atoms with E-state index >= 15 is 0 Å². The first-order chi connectivity index (χ1) is 10.4. The minimum absolute atomic E-state index is 0.0343. The lowest BCUT2D eigenvalue weighted by Crippen LogP contribution is -2.51. The van der Waals surface area contributed by atoms with Gasteiger partial charge in [-0.3, -0.25) is 14.5 Å². The predicted octanol–water partition coefficient (Wildman–Crippen LogP) is 2.38. The SMILES string of the molecule is CCN(CC(=O)O)C1CC(Nc2cccc(F)c2C(C)=O)C1. The van der Waals surface area contributed by atoms with E-state index in [-0.39, 0.29) is 30.0 Å². The van der Waals surface area contributed by atoms with Crippen LogP contribution in [-0.4, -0.2) is 46.9 Å². The average molecular weight is 308 g/mol. The fourth-order valence-corrected chi connectivity index (χ4v) is 2.90. The number of halogens is 1. The maximum atomic E-state index is 13.7. The summed E-state index contributed by atoms with van der Waals surface area (Å²) in [7, 11) is 0. The second kappa shape index (κ2) is 6.87. The van der Waals surface area contributed by atoms with E-state index in [0.717, 1.165) is 12.8 Å². The van der Waals surface area contributed by atoms with Gasteiger partial charge in [-0.25, -0.2) is 4.39 Å². The van der Waals surface area contributed by atoms with Gasteiger partial charge in [0.1, 0.15) is 5.82 Å². The lowest BCUT2D eigenvalue weighted by Gasteiger charge is -2.42. The first-order valence-electron chi connectivity index (χ1n) is 7.44. The number of rotatable bonds is 7. The molecule has 1 aromatic carbocycles. The number of carbonyl (C=O) groups excluding carboxylic acids is 1. The zero-order chi connectivity index (χ0) is 16.3. The van der Waals surface area contributed by atoms with Crippen molar-refractivity contribution in [2.75, 3.05) is 18.4 Å². The van der Waals surface area contributed by atoms with Gasteiger partial charge in [-0.05, 0) is 38.4 Å². The Morgan fingerprint density at radius 2 is 2.09 bits per heavy atom. The Morgan fingerprint density at radius 3 is 2.64 bits per heavy atom. The number of carboxylic acid groups (broad SMARTS) is 1. The standard InChI is InChI=1S/C16H21FN2O3/c1-3-19(9-15(21)22)12-7-11(8-12)18-14-6-4-5-13(17)16(14)10(2)20/h4-6,11-12,18H,3,7-9H2,1-2H3,(H,21,22). The molecule has 0 atom stereocenters. The molecule has 0 bridgehead atoms. The second-order valence-corrected chi connectivity index (χ2v) is 5.64. The van der Waals surface area contributed by atoms with E-state index in [4.69, 9.17) is 5.11 Å². The van der Waals surface area contributed by atoms with Crippen LogP contribution in [-0.2, 0) is 4.79 Å². The summed E-state index contributed by atoms with van der Waals surface area (Å²) in [5, 5.41) is 12.1. The van der Waals surface area contributed by atoms with Crippen LogP contribution in [0.3, 0.4) is 0 Å². The number of carboxylic acids is 1. The van der Waals surface area contributed by atoms with E-state index < -0.39 is 11.8 Å². The van der Waals surface area contributed by atoms with Gasteiger partial charge in [0.15, 0.2) is 5.78 Å². The van der Waals surface area contributed by atoms with Crippen molar-refractivity contribution in [3.05, 3.63) is 29.6 Å². The summed E-state index contributed by atoms with van der Waals surface area (Å²) in [6, 6.07) is 4.89. The smallest absolute Gasteiger partial charge is 0.317 e. The van der Waals surface area contributed by atoms with Crippen molar-refractivity contribution >= 4 is 17.4 Å². The number of nitrogens with zero attached hydrogens (tertiary/aromatic N) is 1. The lowest BCUT2D eigenvalue weighted by molar-refractivity contribution is -0.139. The van der Waals surface area contributed by atoms with Gasteiger partial charge in [-0.15, -0.1) is 0 Å². The number of likely N-dealkylation sites (N-methyl/N-ethyl adjacent to an activating group) is 1. The number of hydrogen-bond donors (Lipinski definition) is 2. The van der Waals surface area contributed by atoms with Crippen molar-refractivity contribution in [1.82, 2.24) is 4.90 Å². The van der Waals surface area contributed by atoms with Gasteiger partial charge in [0.05, 0.1) is 12.1 Å². The highest BCUT2D eigenvalue weighted by Crippen LogP contribution is 2.30. The Bertz CT molecular complexity index is 571. The van der Waals surface area contributed by atoms with Crippen LogP contribution in [0.2, 0.25) is 0 Å². The van der Waals surface area contributed by atoms with E-state index in [1.807, 2.05) is 11.8 Å². The molecule has 6 heteroatoms. The Balaban J connectivity index is 1.97. The molecule has 0 aliphatic heterocycles. The molecule has 2 rings (SSSR count). The van der Waals surface area contributed by atoms with Crippen molar-refractivity contribution in [3.63, 3.8) is 0 Å². The molecule has 0 spiro atoms. The van der Waals surface area contributed by atoms with Gasteiger partial charge in [0.2, 0.25) is 0 Å². The van der Waals surface area contributed by atoms with Gasteiger partial charge >= 0.3 is 5.97 Å². The minimum atomic E-state index is -0.831. The third kappa shape index (κ3) is 3.62. The molecule has 1 aromatic rings. The van der Waals surface area contributed by atoms with Crippen LogP contribution in [0.15, 0.2) is 18.2 Å². The van der Waals surface area contributed by atoms with Gasteiger partial charge in [-0.1, -0.05) is 13.0 Å². The predicted molar refractivity (Wildman–Crippen MR) is 81.7 cm³/mol. The van der Waals surface area contributed by atoms with Crippen molar-refractivity contribution in [1.29, 1.82) is 0 Å². The van der Waals surface area contributed by atoms with Gasteiger partial charge in [0.25, 0.3) is 0 Å². The zero-order valence-corrected chi connectivity index (χ0v) is 12.8. The molecule has 0 saturated heterocycles. The van der Waals surface area contributed by atoms with Gasteiger partial charge in [-0.2, -0.15) is 0 Å². The largest absolute Gasteiger partial charge is 0.480 e. The Kier molecular flexibility index (Phi) is 5.13. The fraction of sp³-hybridized carbons (Fsp3) is 0.500. The number of anilines is 1. The Morgan fingerprint density at radius 1 is 1.41 bits per heavy atom. The van der Waals surface area contributed by atoms with E-state index in [1.54, 1.807) is 12.1 Å². The molecule has 1 aliphatic carbocycles. The van der Waals surface area contributed by atoms with Crippen molar-refractivity contribution in [2.45, 2.75) is 38.8 Å². The van der Waals surface area contributed by atoms with Crippen molar-refractivity contribution in [2.24, 2.45) is 0 Å². The Hall–Kier alpha value is -1.95. The van der Waals surface area contributed by atoms with E-state index in [0.29, 0.717) is 12.2 Å². The number of aliphatic carboxylic acids is 1. The van der Waals surface area contributed by atoms with Crippen LogP contribution in [0.4, 0.5) is 10.1 Å². The van der Waals surface area contributed by atoms with Crippen LogP contribution in [0.25, 0.3) is 0 Å². The molecule has 0 amide bonds. The highest BCUT2D eigenvalue weighted by molar-refractivity contribution is 5.99. The molecule has 0 heterocycles. The summed E-state index contributed by atoms with van der Waals surface area (Å²) < 4.78 is 13.7. The first-order valence-corrected chi connectivity index (χ1v) is 7.44. The topological polar surface area (TPSA) is 69.6 Å². The van der Waals surface area contributed by atoms with E-state index in [9.17, 15) is 14.0 Å². The summed E-state index contributed by atoms with van der Waals surface area (Å²) in [5.41, 5.74) is 0.598. The minimum Gasteiger partial charge on any atom is -0.480 e. The zero-order valence-electron chi connectivity index (χ0n) is 12.8. The molecule has 0 radical (unpaired) electrons. The van der Waals surface area contributed by atoms with Crippen LogP contribution in [0, 0.1) is 5.82 Å². The number of hydrogen-bond acceptors (Lipinski definition) is 4. The number of nitrogens with one attached hydrogen (secondary N) is 1. The molecular weight excluding hydrogens is 287 g/mol. The Labute approximate surface area is 129 Å². The summed E-state index contributed by atoms with van der Waals surface area (Å²) in [4.78, 5) is 24.3. The lowest BCUT2D eigenvalue weighted by atomic mass is 9.85. The summed E-state index contributed by atoms with van der Waals surface area (Å²) in [6.07, 6.45) is 1.57. The third-order valence-electron chi connectivity index (χ3n) is 4.10. The summed E-state index contributed by atoms with van der Waals surface area (Å²) in [5.74, 6) is -1.66. The second-order valence-electron chi connectivity index (χ2n) is 5.64. The van der Waals surface area contributed by atoms with E-state index in [1.165, 1.54) is 13.0 Å². The van der Waals surface area contributed by atoms with Crippen molar-refractivity contribution < 1.29 is 19.1 Å². The molecule has 1 aliphatic rings. The van der Waals surface area contributed by atoms with Crippen LogP contribution < -0.4 is 5.32 Å². The molecule has 0 aromatic heterocycles. The van der Waals surface area contributed by atoms with E-state index in [2.05, 4.69) is 5.32 Å². The number of benzene rings is 1. The third-order valence-corrected chi connectivity index (χ3v) is 4.10. The fourth-order valence-electron chi connectivity index (χ4n) is 2.90. The molecule has 1 fully saturated rings. The summed E-state index contributed by atoms with van der Waals surface area (Å²) >= 11 is 0. The highest BCUT2D eigenvalue weighted by Gasteiger charge is 2.34. The maximum Gasteiger partial charge on any atom is 0.317 e. The molecule has 22 heavy (non-hydrogen) atoms. The molecule has 1 saturated carbocycles. The monoisotopic (exact) mass is 308 g/mol. The first kappa shape index (κ1) is 16.4. The summed E-state index contributed by atoms with van der Waals surface area (Å²) in [6.45, 7) is 4.00. The number of Topliss-reactive ketones (excluding diaryl/α,β-unsaturated/α-hetero) is 1. The van der Waals surface area contributed by atoms with Gasteiger partial charge < -0.3 is 10.4 Å². The quantitative estimate of drug-likeness (QED) is 0.757. The number of ketones is 1. The highest BCUT2D eigenvalue weighted by atomic mass is 19.1. The molecular formula is C16H21FN2O3. The van der Waals surface area contributed by atoms with Crippen LogP contribution in [0.1, 0.15) is 37.0 Å². The molecule has 5 nitrogen and oxygen atoms in total. The number of carbonyl (C=O) groups is 2. The molecule has 2 N–H and O–H groups in total. The maximum absolute atomic E-state index is 13.7. The van der Waals surface area contributed by atoms with Crippen LogP contribution >= 0.6 is 0 Å². The average Bonchev–Trinajstić information content (AvgIpc) is 2.39. The normalized spacial score (nSPS) is 20.5.